The molecule has 0 radical (unpaired) electrons. The summed E-state index contributed by atoms with van der Waals surface area (Å²) in [5.74, 6) is 0.635. The summed E-state index contributed by atoms with van der Waals surface area (Å²) in [4.78, 5) is 0. The molecule has 2 aromatic carbocycles. The molecule has 2 rings (SSSR count). The third-order valence-corrected chi connectivity index (χ3v) is 4.09. The lowest BCUT2D eigenvalue weighted by atomic mass is 9.80. The molecule has 0 amide bonds. The molecule has 0 aromatic heterocycles. The first kappa shape index (κ1) is 17.5. The van der Waals surface area contributed by atoms with Crippen LogP contribution in [0.5, 0.6) is 5.75 Å². The second-order valence-corrected chi connectivity index (χ2v) is 6.07. The summed E-state index contributed by atoms with van der Waals surface area (Å²) >= 11 is 0. The lowest BCUT2D eigenvalue weighted by Gasteiger charge is -2.36. The molecule has 0 aliphatic heterocycles. The van der Waals surface area contributed by atoms with Gasteiger partial charge in [-0.1, -0.05) is 42.0 Å². The highest BCUT2D eigenvalue weighted by Gasteiger charge is 2.40. The van der Waals surface area contributed by atoms with Crippen molar-refractivity contribution in [1.82, 2.24) is 0 Å². The van der Waals surface area contributed by atoms with Gasteiger partial charge in [-0.25, -0.2) is 0 Å². The van der Waals surface area contributed by atoms with Crippen molar-refractivity contribution < 1.29 is 20.1 Å². The molecule has 23 heavy (non-hydrogen) atoms. The first-order valence-corrected chi connectivity index (χ1v) is 7.67. The second-order valence-electron chi connectivity index (χ2n) is 6.07. The van der Waals surface area contributed by atoms with Crippen LogP contribution >= 0.6 is 0 Å². The minimum atomic E-state index is -1.17. The van der Waals surface area contributed by atoms with Crippen LogP contribution in [-0.2, 0) is 0 Å². The van der Waals surface area contributed by atoms with Crippen LogP contribution in [0.2, 0.25) is 0 Å². The van der Waals surface area contributed by atoms with Gasteiger partial charge < -0.3 is 20.1 Å². The normalized spacial score (nSPS) is 12.9. The molecule has 3 N–H and O–H groups in total. The molecule has 0 bridgehead atoms. The van der Waals surface area contributed by atoms with E-state index >= 15 is 0 Å². The number of aryl methyl sites for hydroxylation is 2. The summed E-state index contributed by atoms with van der Waals surface area (Å²) in [6.07, 6.45) is -0.663. The van der Waals surface area contributed by atoms with Gasteiger partial charge in [0.25, 0.3) is 0 Å². The maximum absolute atomic E-state index is 9.81. The summed E-state index contributed by atoms with van der Waals surface area (Å²) < 4.78 is 6.09. The maximum atomic E-state index is 9.81. The molecule has 124 valence electrons. The van der Waals surface area contributed by atoms with Crippen molar-refractivity contribution in [1.29, 1.82) is 0 Å². The average molecular weight is 316 g/mol. The predicted molar refractivity (Wildman–Crippen MR) is 89.4 cm³/mol. The highest BCUT2D eigenvalue weighted by molar-refractivity contribution is 5.31. The molecule has 0 saturated heterocycles. The number of aliphatic hydroxyl groups is 3. The zero-order chi connectivity index (χ0) is 16.9. The average Bonchev–Trinajstić information content (AvgIpc) is 2.56. The number of hydrogen-bond acceptors (Lipinski definition) is 4. The monoisotopic (exact) mass is 316 g/mol. The highest BCUT2D eigenvalue weighted by atomic mass is 16.5. The van der Waals surface area contributed by atoms with Crippen molar-refractivity contribution in [3.63, 3.8) is 0 Å². The molecule has 0 spiro atoms. The Kier molecular flexibility index (Phi) is 5.77. The van der Waals surface area contributed by atoms with E-state index in [4.69, 9.17) is 4.74 Å². The molecule has 2 aromatic rings. The van der Waals surface area contributed by atoms with Crippen molar-refractivity contribution >= 4 is 0 Å². The van der Waals surface area contributed by atoms with E-state index in [1.165, 1.54) is 0 Å². The Hall–Kier alpha value is -1.88. The number of aliphatic hydroxyl groups excluding tert-OH is 3. The van der Waals surface area contributed by atoms with Gasteiger partial charge in [0, 0.05) is 0 Å². The minimum absolute atomic E-state index is 0.384. The van der Waals surface area contributed by atoms with Crippen molar-refractivity contribution in [3.05, 3.63) is 65.2 Å². The highest BCUT2D eigenvalue weighted by Crippen LogP contribution is 2.37. The fraction of sp³-hybridized carbons (Fsp3) is 0.368. The fourth-order valence-corrected chi connectivity index (χ4v) is 2.60. The number of ether oxygens (including phenoxy) is 1. The van der Waals surface area contributed by atoms with Gasteiger partial charge in [0.1, 0.15) is 11.9 Å². The molecule has 0 aliphatic carbocycles. The van der Waals surface area contributed by atoms with Gasteiger partial charge in [-0.05, 0) is 37.1 Å². The van der Waals surface area contributed by atoms with E-state index in [2.05, 4.69) is 0 Å². The van der Waals surface area contributed by atoms with E-state index in [1.54, 1.807) is 0 Å². The smallest absolute Gasteiger partial charge is 0.136 e. The third-order valence-electron chi connectivity index (χ3n) is 4.09. The molecule has 4 heteroatoms. The number of hydrogen-bond donors (Lipinski definition) is 3. The molecule has 0 fully saturated rings. The predicted octanol–water partition coefficient (Wildman–Crippen LogP) is 2.39. The fourth-order valence-electron chi connectivity index (χ4n) is 2.60. The van der Waals surface area contributed by atoms with E-state index in [1.807, 2.05) is 62.4 Å². The SMILES string of the molecule is Cc1cccc(OC(c2cccc(C)c2)C(CO)(CO)CO)c1. The van der Waals surface area contributed by atoms with E-state index in [-0.39, 0.29) is 19.8 Å². The molecule has 0 saturated carbocycles. The first-order valence-electron chi connectivity index (χ1n) is 7.67. The van der Waals surface area contributed by atoms with Crippen molar-refractivity contribution in [2.45, 2.75) is 20.0 Å². The Morgan fingerprint density at radius 3 is 1.96 bits per heavy atom. The first-order chi connectivity index (χ1) is 11.0. The standard InChI is InChI=1S/C19H24O4/c1-14-5-3-7-16(9-14)18(19(11-20,12-21)13-22)23-17-8-4-6-15(2)10-17/h3-10,18,20-22H,11-13H2,1-2H3. The number of rotatable bonds is 7. The largest absolute Gasteiger partial charge is 0.485 e. The van der Waals surface area contributed by atoms with Crippen LogP contribution in [0.1, 0.15) is 22.8 Å². The van der Waals surface area contributed by atoms with Gasteiger partial charge in [0.2, 0.25) is 0 Å². The molecule has 1 atom stereocenters. The summed E-state index contributed by atoms with van der Waals surface area (Å²) in [7, 11) is 0. The van der Waals surface area contributed by atoms with E-state index in [0.29, 0.717) is 5.75 Å². The second kappa shape index (κ2) is 7.59. The van der Waals surface area contributed by atoms with Crippen LogP contribution in [-0.4, -0.2) is 35.1 Å². The van der Waals surface area contributed by atoms with Crippen molar-refractivity contribution in [3.8, 4) is 5.75 Å². The van der Waals surface area contributed by atoms with E-state index in [0.717, 1.165) is 16.7 Å². The molecule has 0 aliphatic rings. The summed E-state index contributed by atoms with van der Waals surface area (Å²) in [5, 5.41) is 29.4. The lowest BCUT2D eigenvalue weighted by Crippen LogP contribution is -2.42. The van der Waals surface area contributed by atoms with Gasteiger partial charge in [0.15, 0.2) is 0 Å². The third kappa shape index (κ3) is 3.91. The molecule has 1 unspecified atom stereocenters. The van der Waals surface area contributed by atoms with Gasteiger partial charge in [0.05, 0.1) is 25.2 Å². The summed E-state index contributed by atoms with van der Waals surface area (Å²) in [6.45, 7) is 2.77. The molecular weight excluding hydrogens is 292 g/mol. The zero-order valence-corrected chi connectivity index (χ0v) is 13.6. The quantitative estimate of drug-likeness (QED) is 0.733. The lowest BCUT2D eigenvalue weighted by molar-refractivity contribution is -0.0742. The summed E-state index contributed by atoms with van der Waals surface area (Å²) in [5.41, 5.74) is 1.73. The zero-order valence-electron chi connectivity index (χ0n) is 13.6. The Morgan fingerprint density at radius 1 is 0.870 bits per heavy atom. The van der Waals surface area contributed by atoms with Gasteiger partial charge >= 0.3 is 0 Å². The van der Waals surface area contributed by atoms with Crippen molar-refractivity contribution in [2.75, 3.05) is 19.8 Å². The Morgan fingerprint density at radius 2 is 1.43 bits per heavy atom. The van der Waals surface area contributed by atoms with Crippen LogP contribution in [0.25, 0.3) is 0 Å². The van der Waals surface area contributed by atoms with Gasteiger partial charge in [-0.3, -0.25) is 0 Å². The van der Waals surface area contributed by atoms with Crippen LogP contribution in [0, 0.1) is 19.3 Å². The summed E-state index contributed by atoms with van der Waals surface area (Å²) in [6, 6.07) is 15.2. The maximum Gasteiger partial charge on any atom is 0.136 e. The Balaban J connectivity index is 2.46. The van der Waals surface area contributed by atoms with Gasteiger partial charge in [-0.15, -0.1) is 0 Å². The minimum Gasteiger partial charge on any atom is -0.485 e. The van der Waals surface area contributed by atoms with Gasteiger partial charge in [-0.2, -0.15) is 0 Å². The van der Waals surface area contributed by atoms with Crippen LogP contribution in [0.4, 0.5) is 0 Å². The van der Waals surface area contributed by atoms with Crippen LogP contribution in [0.3, 0.4) is 0 Å². The molecule has 4 nitrogen and oxygen atoms in total. The van der Waals surface area contributed by atoms with E-state index < -0.39 is 11.5 Å². The van der Waals surface area contributed by atoms with E-state index in [9.17, 15) is 15.3 Å². The van der Waals surface area contributed by atoms with Crippen LogP contribution in [0.15, 0.2) is 48.5 Å². The Labute approximate surface area is 137 Å². The topological polar surface area (TPSA) is 69.9 Å². The van der Waals surface area contributed by atoms with Crippen LogP contribution < -0.4 is 4.74 Å². The molecule has 0 heterocycles. The van der Waals surface area contributed by atoms with Crippen molar-refractivity contribution in [2.24, 2.45) is 5.41 Å². The molecular formula is C19H24O4. The Bertz CT molecular complexity index is 627. The number of benzene rings is 2.